The Morgan fingerprint density at radius 3 is 2.78 bits per heavy atom. The summed E-state index contributed by atoms with van der Waals surface area (Å²) in [6.45, 7) is 3.44. The van der Waals surface area contributed by atoms with Gasteiger partial charge in [-0.15, -0.1) is 0 Å². The molecule has 0 aliphatic carbocycles. The van der Waals surface area contributed by atoms with E-state index in [1.807, 2.05) is 32.3 Å². The van der Waals surface area contributed by atoms with Crippen LogP contribution in [-0.2, 0) is 11.3 Å². The Labute approximate surface area is 109 Å². The summed E-state index contributed by atoms with van der Waals surface area (Å²) in [6.07, 6.45) is 0. The van der Waals surface area contributed by atoms with Gasteiger partial charge >= 0.3 is 0 Å². The van der Waals surface area contributed by atoms with Gasteiger partial charge in [0.25, 0.3) is 0 Å². The van der Waals surface area contributed by atoms with Crippen LogP contribution >= 0.6 is 0 Å². The maximum absolute atomic E-state index is 12.1. The second-order valence-electron chi connectivity index (χ2n) is 4.91. The highest BCUT2D eigenvalue weighted by atomic mass is 16.2. The molecule has 98 valence electrons. The molecule has 1 fully saturated rings. The van der Waals surface area contributed by atoms with Crippen LogP contribution < -0.4 is 5.32 Å². The number of nitrogens with zero attached hydrogens (tertiary/aromatic N) is 2. The molecular formula is C14H21N3O. The SMILES string of the molecule is CN(C)C(=O)[C@H]1CNCCN1Cc1ccccc1. The number of nitrogens with one attached hydrogen (secondary N) is 1. The molecule has 1 aliphatic rings. The molecule has 1 aliphatic heterocycles. The molecule has 1 saturated heterocycles. The van der Waals surface area contributed by atoms with Crippen LogP contribution in [0.25, 0.3) is 0 Å². The number of carbonyl (C=O) groups excluding carboxylic acids is 1. The minimum absolute atomic E-state index is 0.0473. The molecule has 0 bridgehead atoms. The molecule has 0 aromatic heterocycles. The third kappa shape index (κ3) is 3.09. The van der Waals surface area contributed by atoms with Crippen molar-refractivity contribution in [2.45, 2.75) is 12.6 Å². The number of carbonyl (C=O) groups is 1. The third-order valence-electron chi connectivity index (χ3n) is 3.31. The zero-order valence-corrected chi connectivity index (χ0v) is 11.1. The van der Waals surface area contributed by atoms with E-state index in [0.29, 0.717) is 0 Å². The number of hydrogen-bond donors (Lipinski definition) is 1. The lowest BCUT2D eigenvalue weighted by Crippen LogP contribution is -2.57. The van der Waals surface area contributed by atoms with Crippen molar-refractivity contribution in [1.82, 2.24) is 15.1 Å². The first-order valence-corrected chi connectivity index (χ1v) is 6.38. The van der Waals surface area contributed by atoms with Gasteiger partial charge in [0.2, 0.25) is 5.91 Å². The maximum Gasteiger partial charge on any atom is 0.240 e. The monoisotopic (exact) mass is 247 g/mol. The number of piperazine rings is 1. The summed E-state index contributed by atoms with van der Waals surface area (Å²) in [4.78, 5) is 16.1. The second kappa shape index (κ2) is 5.98. The van der Waals surface area contributed by atoms with Gasteiger partial charge in [-0.25, -0.2) is 0 Å². The molecule has 0 saturated carbocycles. The van der Waals surface area contributed by atoms with Crippen molar-refractivity contribution < 1.29 is 4.79 Å². The molecule has 1 aromatic rings. The molecule has 1 heterocycles. The summed E-state index contributed by atoms with van der Waals surface area (Å²) in [5.41, 5.74) is 1.26. The summed E-state index contributed by atoms with van der Waals surface area (Å²) in [5.74, 6) is 0.179. The van der Waals surface area contributed by atoms with Crippen molar-refractivity contribution in [3.8, 4) is 0 Å². The van der Waals surface area contributed by atoms with E-state index in [1.54, 1.807) is 4.90 Å². The van der Waals surface area contributed by atoms with Crippen molar-refractivity contribution in [3.63, 3.8) is 0 Å². The molecule has 1 atom stereocenters. The first-order valence-electron chi connectivity index (χ1n) is 6.38. The van der Waals surface area contributed by atoms with Crippen molar-refractivity contribution >= 4 is 5.91 Å². The number of hydrogen-bond acceptors (Lipinski definition) is 3. The van der Waals surface area contributed by atoms with E-state index in [2.05, 4.69) is 22.3 Å². The van der Waals surface area contributed by atoms with E-state index in [4.69, 9.17) is 0 Å². The van der Waals surface area contributed by atoms with E-state index in [9.17, 15) is 4.79 Å². The highest BCUT2D eigenvalue weighted by Crippen LogP contribution is 2.11. The Morgan fingerprint density at radius 2 is 2.11 bits per heavy atom. The molecule has 0 unspecified atom stereocenters. The van der Waals surface area contributed by atoms with E-state index >= 15 is 0 Å². The van der Waals surface area contributed by atoms with Crippen LogP contribution in [0, 0.1) is 0 Å². The quantitative estimate of drug-likeness (QED) is 0.847. The van der Waals surface area contributed by atoms with Crippen molar-refractivity contribution in [2.24, 2.45) is 0 Å². The zero-order chi connectivity index (χ0) is 13.0. The van der Waals surface area contributed by atoms with Gasteiger partial charge in [0.1, 0.15) is 6.04 Å². The fourth-order valence-corrected chi connectivity index (χ4v) is 2.30. The summed E-state index contributed by atoms with van der Waals surface area (Å²) >= 11 is 0. The van der Waals surface area contributed by atoms with E-state index in [0.717, 1.165) is 26.2 Å². The van der Waals surface area contributed by atoms with Gasteiger partial charge in [-0.1, -0.05) is 30.3 Å². The molecule has 0 radical (unpaired) electrons. The first kappa shape index (κ1) is 13.1. The van der Waals surface area contributed by atoms with Gasteiger partial charge in [0.15, 0.2) is 0 Å². The Hall–Kier alpha value is -1.39. The lowest BCUT2D eigenvalue weighted by Gasteiger charge is -2.36. The number of amides is 1. The zero-order valence-electron chi connectivity index (χ0n) is 11.1. The van der Waals surface area contributed by atoms with Crippen molar-refractivity contribution in [3.05, 3.63) is 35.9 Å². The second-order valence-corrected chi connectivity index (χ2v) is 4.91. The number of rotatable bonds is 3. The molecular weight excluding hydrogens is 226 g/mol. The highest BCUT2D eigenvalue weighted by Gasteiger charge is 2.29. The topological polar surface area (TPSA) is 35.6 Å². The van der Waals surface area contributed by atoms with Gasteiger partial charge in [-0.2, -0.15) is 0 Å². The van der Waals surface area contributed by atoms with Gasteiger partial charge in [0.05, 0.1) is 0 Å². The van der Waals surface area contributed by atoms with Gasteiger partial charge in [-0.3, -0.25) is 9.69 Å². The Kier molecular flexibility index (Phi) is 4.33. The predicted octanol–water partition coefficient (Wildman–Crippen LogP) is 0.549. The van der Waals surface area contributed by atoms with Gasteiger partial charge in [-0.05, 0) is 5.56 Å². The Morgan fingerprint density at radius 1 is 1.39 bits per heavy atom. The average Bonchev–Trinajstić information content (AvgIpc) is 2.39. The molecule has 1 aromatic carbocycles. The Balaban J connectivity index is 2.06. The maximum atomic E-state index is 12.1. The largest absolute Gasteiger partial charge is 0.347 e. The van der Waals surface area contributed by atoms with Crippen LogP contribution in [0.4, 0.5) is 0 Å². The smallest absolute Gasteiger partial charge is 0.240 e. The van der Waals surface area contributed by atoms with Crippen LogP contribution in [0.15, 0.2) is 30.3 Å². The fourth-order valence-electron chi connectivity index (χ4n) is 2.30. The fraction of sp³-hybridized carbons (Fsp3) is 0.500. The summed E-state index contributed by atoms with van der Waals surface area (Å²) in [7, 11) is 3.63. The van der Waals surface area contributed by atoms with E-state index in [1.165, 1.54) is 5.56 Å². The van der Waals surface area contributed by atoms with Gasteiger partial charge in [0, 0.05) is 40.3 Å². The van der Waals surface area contributed by atoms with Crippen LogP contribution in [0.1, 0.15) is 5.56 Å². The van der Waals surface area contributed by atoms with Crippen LogP contribution in [-0.4, -0.2) is 55.5 Å². The first-order chi connectivity index (χ1) is 8.68. The third-order valence-corrected chi connectivity index (χ3v) is 3.31. The minimum Gasteiger partial charge on any atom is -0.347 e. The lowest BCUT2D eigenvalue weighted by molar-refractivity contribution is -0.135. The molecule has 1 amide bonds. The molecule has 0 spiro atoms. The normalized spacial score (nSPS) is 20.7. The Bertz CT molecular complexity index is 391. The highest BCUT2D eigenvalue weighted by molar-refractivity contribution is 5.81. The van der Waals surface area contributed by atoms with E-state index < -0.39 is 0 Å². The summed E-state index contributed by atoms with van der Waals surface area (Å²) in [5, 5.41) is 3.30. The van der Waals surface area contributed by atoms with Crippen molar-refractivity contribution in [1.29, 1.82) is 0 Å². The molecule has 4 heteroatoms. The summed E-state index contributed by atoms with van der Waals surface area (Å²) < 4.78 is 0. The molecule has 2 rings (SSSR count). The molecule has 1 N–H and O–H groups in total. The average molecular weight is 247 g/mol. The summed E-state index contributed by atoms with van der Waals surface area (Å²) in [6, 6.07) is 10.3. The van der Waals surface area contributed by atoms with Gasteiger partial charge < -0.3 is 10.2 Å². The minimum atomic E-state index is -0.0473. The number of likely N-dealkylation sites (N-methyl/N-ethyl adjacent to an activating group) is 1. The van der Waals surface area contributed by atoms with Crippen molar-refractivity contribution in [2.75, 3.05) is 33.7 Å². The molecule has 4 nitrogen and oxygen atoms in total. The van der Waals surface area contributed by atoms with E-state index in [-0.39, 0.29) is 11.9 Å². The lowest BCUT2D eigenvalue weighted by atomic mass is 10.1. The molecule has 18 heavy (non-hydrogen) atoms. The standard InChI is InChI=1S/C14H21N3O/c1-16(2)14(18)13-10-15-8-9-17(13)11-12-6-4-3-5-7-12/h3-7,13,15H,8-11H2,1-2H3/t13-/m1/s1. The number of benzene rings is 1. The predicted molar refractivity (Wildman–Crippen MR) is 72.2 cm³/mol. The van der Waals surface area contributed by atoms with Crippen LogP contribution in [0.3, 0.4) is 0 Å². The van der Waals surface area contributed by atoms with Crippen LogP contribution in [0.2, 0.25) is 0 Å². The van der Waals surface area contributed by atoms with Crippen LogP contribution in [0.5, 0.6) is 0 Å².